The Balaban J connectivity index is 2.63. The Labute approximate surface area is 64.8 Å². The molecule has 0 aromatic carbocycles. The first-order chi connectivity index (χ1) is 5.33. The van der Waals surface area contributed by atoms with Gasteiger partial charge >= 0.3 is 0 Å². The number of hydrogen-bond acceptors (Lipinski definition) is 2. The van der Waals surface area contributed by atoms with Crippen molar-refractivity contribution in [3.8, 4) is 0 Å². The molecule has 0 atom stereocenters. The molecule has 58 valence electrons. The van der Waals surface area contributed by atoms with E-state index in [-0.39, 0.29) is 0 Å². The summed E-state index contributed by atoms with van der Waals surface area (Å²) in [5, 5.41) is 0. The van der Waals surface area contributed by atoms with Crippen LogP contribution in [0.2, 0.25) is 0 Å². The van der Waals surface area contributed by atoms with E-state index in [9.17, 15) is 4.39 Å². The fourth-order valence-electron chi connectivity index (χ4n) is 0.750. The minimum Gasteiger partial charge on any atom is -0.258 e. The van der Waals surface area contributed by atoms with Crippen LogP contribution in [0.4, 0.5) is 4.39 Å². The van der Waals surface area contributed by atoms with Crippen LogP contribution in [-0.4, -0.2) is 9.97 Å². The van der Waals surface area contributed by atoms with E-state index in [0.717, 1.165) is 12.6 Å². The van der Waals surface area contributed by atoms with Crippen molar-refractivity contribution in [1.82, 2.24) is 9.97 Å². The molecule has 0 saturated heterocycles. The Bertz CT molecular complexity index is 248. The van der Waals surface area contributed by atoms with E-state index < -0.39 is 5.95 Å². The van der Waals surface area contributed by atoms with Gasteiger partial charge in [-0.15, -0.1) is 6.58 Å². The topological polar surface area (TPSA) is 25.8 Å². The van der Waals surface area contributed by atoms with Gasteiger partial charge in [0.05, 0.1) is 11.9 Å². The van der Waals surface area contributed by atoms with Crippen molar-refractivity contribution in [2.24, 2.45) is 0 Å². The van der Waals surface area contributed by atoms with Crippen molar-refractivity contribution < 1.29 is 4.39 Å². The Morgan fingerprint density at radius 2 is 2.36 bits per heavy atom. The maximum atomic E-state index is 12.4. The van der Waals surface area contributed by atoms with E-state index in [2.05, 4.69) is 16.5 Å². The van der Waals surface area contributed by atoms with Crippen LogP contribution in [0.15, 0.2) is 25.0 Å². The third-order valence-electron chi connectivity index (χ3n) is 1.26. The SMILES string of the molecule is C=CCCc1cncc(F)n1. The second kappa shape index (κ2) is 3.81. The molecule has 11 heavy (non-hydrogen) atoms. The summed E-state index contributed by atoms with van der Waals surface area (Å²) in [5.74, 6) is -0.522. The minimum absolute atomic E-state index is 0.522. The second-order valence-electron chi connectivity index (χ2n) is 2.16. The smallest absolute Gasteiger partial charge is 0.231 e. The van der Waals surface area contributed by atoms with Crippen LogP contribution in [0, 0.1) is 5.95 Å². The zero-order valence-corrected chi connectivity index (χ0v) is 6.13. The predicted molar refractivity (Wildman–Crippen MR) is 40.5 cm³/mol. The zero-order chi connectivity index (χ0) is 8.10. The zero-order valence-electron chi connectivity index (χ0n) is 6.13. The lowest BCUT2D eigenvalue weighted by molar-refractivity contribution is 0.568. The normalized spacial score (nSPS) is 9.55. The van der Waals surface area contributed by atoms with Crippen molar-refractivity contribution in [3.63, 3.8) is 0 Å². The van der Waals surface area contributed by atoms with Gasteiger partial charge in [0.15, 0.2) is 0 Å². The molecule has 1 heterocycles. The highest BCUT2D eigenvalue weighted by Crippen LogP contribution is 1.98. The highest BCUT2D eigenvalue weighted by atomic mass is 19.1. The molecule has 0 saturated carbocycles. The van der Waals surface area contributed by atoms with E-state index in [0.29, 0.717) is 12.1 Å². The molecular weight excluding hydrogens is 143 g/mol. The van der Waals surface area contributed by atoms with Gasteiger partial charge in [-0.2, -0.15) is 4.39 Å². The lowest BCUT2D eigenvalue weighted by Crippen LogP contribution is -1.93. The lowest BCUT2D eigenvalue weighted by atomic mass is 10.2. The standard InChI is InChI=1S/C8H9FN2/c1-2-3-4-7-5-10-6-8(9)11-7/h2,5-6H,1,3-4H2. The Kier molecular flexibility index (Phi) is 2.72. The summed E-state index contributed by atoms with van der Waals surface area (Å²) < 4.78 is 12.4. The second-order valence-corrected chi connectivity index (χ2v) is 2.16. The average molecular weight is 152 g/mol. The molecule has 0 N–H and O–H groups in total. The van der Waals surface area contributed by atoms with E-state index >= 15 is 0 Å². The molecule has 0 unspecified atom stereocenters. The van der Waals surface area contributed by atoms with Crippen LogP contribution < -0.4 is 0 Å². The van der Waals surface area contributed by atoms with Crippen molar-refractivity contribution >= 4 is 0 Å². The van der Waals surface area contributed by atoms with Gasteiger partial charge in [-0.3, -0.25) is 4.98 Å². The summed E-state index contributed by atoms with van der Waals surface area (Å²) in [6, 6.07) is 0. The molecule has 1 aromatic rings. The summed E-state index contributed by atoms with van der Waals surface area (Å²) in [6.45, 7) is 3.56. The van der Waals surface area contributed by atoms with Gasteiger partial charge in [0.2, 0.25) is 5.95 Å². The summed E-state index contributed by atoms with van der Waals surface area (Å²) in [7, 11) is 0. The average Bonchev–Trinajstić information content (AvgIpc) is 2.01. The van der Waals surface area contributed by atoms with E-state index in [1.54, 1.807) is 12.3 Å². The van der Waals surface area contributed by atoms with E-state index in [1.165, 1.54) is 0 Å². The van der Waals surface area contributed by atoms with Crippen molar-refractivity contribution in [2.45, 2.75) is 12.8 Å². The molecule has 0 aliphatic carbocycles. The van der Waals surface area contributed by atoms with Crippen LogP contribution in [0.3, 0.4) is 0 Å². The molecule has 0 aliphatic heterocycles. The Hall–Kier alpha value is -1.25. The van der Waals surface area contributed by atoms with E-state index in [1.807, 2.05) is 0 Å². The fraction of sp³-hybridized carbons (Fsp3) is 0.250. The maximum absolute atomic E-state index is 12.4. The fourth-order valence-corrected chi connectivity index (χ4v) is 0.750. The van der Waals surface area contributed by atoms with Crippen LogP contribution in [0.5, 0.6) is 0 Å². The van der Waals surface area contributed by atoms with E-state index in [4.69, 9.17) is 0 Å². The molecule has 1 rings (SSSR count). The molecule has 0 fully saturated rings. The third-order valence-corrected chi connectivity index (χ3v) is 1.26. The number of aryl methyl sites for hydroxylation is 1. The van der Waals surface area contributed by atoms with Gasteiger partial charge in [-0.1, -0.05) is 6.08 Å². The number of rotatable bonds is 3. The van der Waals surface area contributed by atoms with Crippen LogP contribution in [0.1, 0.15) is 12.1 Å². The van der Waals surface area contributed by atoms with Crippen LogP contribution in [0.25, 0.3) is 0 Å². The van der Waals surface area contributed by atoms with Crippen LogP contribution >= 0.6 is 0 Å². The van der Waals surface area contributed by atoms with Gasteiger partial charge in [0.1, 0.15) is 0 Å². The first-order valence-corrected chi connectivity index (χ1v) is 3.40. The number of nitrogens with zero attached hydrogens (tertiary/aromatic N) is 2. The summed E-state index contributed by atoms with van der Waals surface area (Å²) in [6.07, 6.45) is 5.93. The van der Waals surface area contributed by atoms with Gasteiger partial charge in [0, 0.05) is 6.20 Å². The minimum atomic E-state index is -0.522. The molecule has 1 aromatic heterocycles. The van der Waals surface area contributed by atoms with Crippen LogP contribution in [-0.2, 0) is 6.42 Å². The summed E-state index contributed by atoms with van der Waals surface area (Å²) >= 11 is 0. The highest BCUT2D eigenvalue weighted by molar-refractivity contribution is 4.96. The summed E-state index contributed by atoms with van der Waals surface area (Å²) in [4.78, 5) is 7.30. The van der Waals surface area contributed by atoms with Gasteiger partial charge < -0.3 is 0 Å². The molecular formula is C8H9FN2. The maximum Gasteiger partial charge on any atom is 0.231 e. The number of allylic oxidation sites excluding steroid dienone is 1. The van der Waals surface area contributed by atoms with Crippen molar-refractivity contribution in [1.29, 1.82) is 0 Å². The number of halogens is 1. The Morgan fingerprint density at radius 1 is 1.55 bits per heavy atom. The van der Waals surface area contributed by atoms with Crippen molar-refractivity contribution in [2.75, 3.05) is 0 Å². The monoisotopic (exact) mass is 152 g/mol. The quantitative estimate of drug-likeness (QED) is 0.616. The molecule has 0 bridgehead atoms. The highest BCUT2D eigenvalue weighted by Gasteiger charge is 1.95. The molecule has 0 radical (unpaired) electrons. The molecule has 0 amide bonds. The largest absolute Gasteiger partial charge is 0.258 e. The Morgan fingerprint density at radius 3 is 3.00 bits per heavy atom. The van der Waals surface area contributed by atoms with Crippen molar-refractivity contribution in [3.05, 3.63) is 36.7 Å². The molecule has 0 aliphatic rings. The first-order valence-electron chi connectivity index (χ1n) is 3.40. The first kappa shape index (κ1) is 7.85. The number of aromatic nitrogens is 2. The lowest BCUT2D eigenvalue weighted by Gasteiger charge is -1.94. The summed E-state index contributed by atoms with van der Waals surface area (Å²) in [5.41, 5.74) is 0.671. The van der Waals surface area contributed by atoms with Gasteiger partial charge in [0.25, 0.3) is 0 Å². The predicted octanol–water partition coefficient (Wildman–Crippen LogP) is 1.73. The molecule has 0 spiro atoms. The van der Waals surface area contributed by atoms with Gasteiger partial charge in [-0.25, -0.2) is 4.98 Å². The molecule has 3 heteroatoms. The van der Waals surface area contributed by atoms with Gasteiger partial charge in [-0.05, 0) is 12.8 Å². The molecule has 2 nitrogen and oxygen atoms in total. The number of hydrogen-bond donors (Lipinski definition) is 0. The third kappa shape index (κ3) is 2.45.